The number of nitrogens with one attached hydrogen (secondary N) is 1. The van der Waals surface area contributed by atoms with Crippen LogP contribution < -0.4 is 11.1 Å². The molecule has 0 aromatic heterocycles. The minimum absolute atomic E-state index is 0.0158. The maximum absolute atomic E-state index is 11.7. The average Bonchev–Trinajstić information content (AvgIpc) is 2.37. The molecule has 0 radical (unpaired) electrons. The van der Waals surface area contributed by atoms with Crippen molar-refractivity contribution in [1.82, 2.24) is 5.32 Å². The van der Waals surface area contributed by atoms with Crippen LogP contribution in [0.5, 0.6) is 0 Å². The lowest BCUT2D eigenvalue weighted by atomic mass is 10.1. The van der Waals surface area contributed by atoms with Crippen LogP contribution in [0.1, 0.15) is 71.6 Å². The van der Waals surface area contributed by atoms with E-state index in [9.17, 15) is 4.79 Å². The van der Waals surface area contributed by atoms with Crippen molar-refractivity contribution >= 4 is 23.1 Å². The van der Waals surface area contributed by atoms with Crippen LogP contribution >= 0.6 is 12.2 Å². The van der Waals surface area contributed by atoms with Gasteiger partial charge in [0, 0.05) is 6.54 Å². The second kappa shape index (κ2) is 12.4. The molecular weight excluding hydrogens is 256 g/mol. The molecule has 19 heavy (non-hydrogen) atoms. The van der Waals surface area contributed by atoms with Crippen molar-refractivity contribution in [1.29, 1.82) is 0 Å². The van der Waals surface area contributed by atoms with Crippen LogP contribution in [-0.2, 0) is 4.79 Å². The number of carbonyl (C=O) groups excluding carboxylic acids is 1. The lowest BCUT2D eigenvalue weighted by Crippen LogP contribution is -2.37. The summed E-state index contributed by atoms with van der Waals surface area (Å²) in [6.45, 7) is 4.91. The molecule has 0 saturated carbocycles. The van der Waals surface area contributed by atoms with Crippen LogP contribution in [0.4, 0.5) is 0 Å². The topological polar surface area (TPSA) is 55.1 Å². The molecule has 0 aromatic carbocycles. The summed E-state index contributed by atoms with van der Waals surface area (Å²) in [7, 11) is 0. The Morgan fingerprint density at radius 1 is 1.05 bits per heavy atom. The van der Waals surface area contributed by atoms with Gasteiger partial charge in [0.05, 0.1) is 10.9 Å². The molecule has 0 saturated heterocycles. The van der Waals surface area contributed by atoms with Crippen molar-refractivity contribution in [2.75, 3.05) is 6.54 Å². The first-order valence-electron chi connectivity index (χ1n) is 7.70. The third-order valence-corrected chi connectivity index (χ3v) is 3.68. The summed E-state index contributed by atoms with van der Waals surface area (Å²) in [4.78, 5) is 12.0. The lowest BCUT2D eigenvalue weighted by molar-refractivity contribution is -0.123. The SMILES string of the molecule is CCCCCCCCCCNC(=O)C(CC)C(N)=S. The molecule has 3 N–H and O–H groups in total. The number of hydrogen-bond acceptors (Lipinski definition) is 2. The van der Waals surface area contributed by atoms with Crippen molar-refractivity contribution in [3.8, 4) is 0 Å². The van der Waals surface area contributed by atoms with Gasteiger partial charge < -0.3 is 11.1 Å². The molecule has 0 bridgehead atoms. The van der Waals surface area contributed by atoms with Crippen LogP contribution in [0.2, 0.25) is 0 Å². The van der Waals surface area contributed by atoms with E-state index in [2.05, 4.69) is 12.2 Å². The smallest absolute Gasteiger partial charge is 0.229 e. The highest BCUT2D eigenvalue weighted by atomic mass is 32.1. The van der Waals surface area contributed by atoms with Crippen LogP contribution in [0.15, 0.2) is 0 Å². The first-order chi connectivity index (χ1) is 9.13. The van der Waals surface area contributed by atoms with E-state index in [-0.39, 0.29) is 11.8 Å². The Balaban J connectivity index is 3.43. The zero-order valence-electron chi connectivity index (χ0n) is 12.5. The van der Waals surface area contributed by atoms with E-state index < -0.39 is 0 Å². The van der Waals surface area contributed by atoms with Crippen molar-refractivity contribution in [2.24, 2.45) is 11.7 Å². The van der Waals surface area contributed by atoms with Crippen LogP contribution in [0.3, 0.4) is 0 Å². The molecule has 1 atom stereocenters. The van der Waals surface area contributed by atoms with Crippen LogP contribution in [0.25, 0.3) is 0 Å². The first kappa shape index (κ1) is 18.4. The molecule has 4 heteroatoms. The van der Waals surface area contributed by atoms with Gasteiger partial charge in [-0.05, 0) is 12.8 Å². The predicted molar refractivity (Wildman–Crippen MR) is 86.2 cm³/mol. The molecule has 0 fully saturated rings. The Morgan fingerprint density at radius 3 is 2.05 bits per heavy atom. The summed E-state index contributed by atoms with van der Waals surface area (Å²) < 4.78 is 0. The Labute approximate surface area is 123 Å². The van der Waals surface area contributed by atoms with E-state index in [1.54, 1.807) is 0 Å². The number of amides is 1. The van der Waals surface area contributed by atoms with Gasteiger partial charge in [-0.2, -0.15) is 0 Å². The first-order valence-corrected chi connectivity index (χ1v) is 8.11. The molecule has 0 heterocycles. The summed E-state index contributed by atoms with van der Waals surface area (Å²) in [5, 5.41) is 2.92. The highest BCUT2D eigenvalue weighted by Gasteiger charge is 2.18. The summed E-state index contributed by atoms with van der Waals surface area (Å²) >= 11 is 4.88. The lowest BCUT2D eigenvalue weighted by Gasteiger charge is -2.13. The summed E-state index contributed by atoms with van der Waals surface area (Å²) in [5.74, 6) is -0.318. The molecule has 112 valence electrons. The van der Waals surface area contributed by atoms with E-state index in [0.29, 0.717) is 11.4 Å². The molecule has 0 aliphatic rings. The summed E-state index contributed by atoms with van der Waals surface area (Å²) in [5.41, 5.74) is 5.53. The van der Waals surface area contributed by atoms with Gasteiger partial charge in [0.2, 0.25) is 5.91 Å². The fourth-order valence-electron chi connectivity index (χ4n) is 2.11. The number of unbranched alkanes of at least 4 members (excludes halogenated alkanes) is 7. The maximum Gasteiger partial charge on any atom is 0.229 e. The van der Waals surface area contributed by atoms with E-state index in [0.717, 1.165) is 13.0 Å². The second-order valence-corrected chi connectivity index (χ2v) is 5.60. The monoisotopic (exact) mass is 286 g/mol. The van der Waals surface area contributed by atoms with Gasteiger partial charge in [0.1, 0.15) is 0 Å². The molecule has 3 nitrogen and oxygen atoms in total. The van der Waals surface area contributed by atoms with Crippen molar-refractivity contribution < 1.29 is 4.79 Å². The zero-order valence-corrected chi connectivity index (χ0v) is 13.4. The van der Waals surface area contributed by atoms with Crippen molar-refractivity contribution in [3.63, 3.8) is 0 Å². The largest absolute Gasteiger partial charge is 0.393 e. The molecule has 1 unspecified atom stereocenters. The second-order valence-electron chi connectivity index (χ2n) is 5.13. The zero-order chi connectivity index (χ0) is 14.5. The number of hydrogen-bond donors (Lipinski definition) is 2. The third-order valence-electron chi connectivity index (χ3n) is 3.40. The molecular formula is C15H30N2OS. The quantitative estimate of drug-likeness (QED) is 0.426. The van der Waals surface area contributed by atoms with E-state index >= 15 is 0 Å². The van der Waals surface area contributed by atoms with Gasteiger partial charge in [-0.15, -0.1) is 0 Å². The summed E-state index contributed by atoms with van der Waals surface area (Å²) in [6.07, 6.45) is 10.9. The standard InChI is InChI=1S/C15H30N2OS/c1-3-5-6-7-8-9-10-11-12-17-15(18)13(4-2)14(16)19/h13H,3-12H2,1-2H3,(H2,16,19)(H,17,18). The van der Waals surface area contributed by atoms with E-state index in [1.165, 1.54) is 44.9 Å². The fraction of sp³-hybridized carbons (Fsp3) is 0.867. The molecule has 0 aromatic rings. The number of thiocarbonyl (C=S) groups is 1. The molecule has 0 aliphatic heterocycles. The summed E-state index contributed by atoms with van der Waals surface area (Å²) in [6, 6.07) is 0. The average molecular weight is 286 g/mol. The van der Waals surface area contributed by atoms with Gasteiger partial charge in [-0.3, -0.25) is 4.79 Å². The fourth-order valence-corrected chi connectivity index (χ4v) is 2.38. The Hall–Kier alpha value is -0.640. The predicted octanol–water partition coefficient (Wildman–Crippen LogP) is 3.56. The van der Waals surface area contributed by atoms with Gasteiger partial charge in [0.25, 0.3) is 0 Å². The minimum Gasteiger partial charge on any atom is -0.393 e. The molecule has 0 spiro atoms. The normalized spacial score (nSPS) is 12.1. The van der Waals surface area contributed by atoms with Gasteiger partial charge >= 0.3 is 0 Å². The highest BCUT2D eigenvalue weighted by Crippen LogP contribution is 2.08. The maximum atomic E-state index is 11.7. The number of carbonyl (C=O) groups is 1. The molecule has 0 aliphatic carbocycles. The van der Waals surface area contributed by atoms with E-state index in [1.807, 2.05) is 6.92 Å². The molecule has 1 amide bonds. The van der Waals surface area contributed by atoms with Crippen LogP contribution in [0, 0.1) is 5.92 Å². The van der Waals surface area contributed by atoms with Crippen LogP contribution in [-0.4, -0.2) is 17.4 Å². The van der Waals surface area contributed by atoms with Crippen molar-refractivity contribution in [2.45, 2.75) is 71.6 Å². The Kier molecular flexibility index (Phi) is 12.0. The minimum atomic E-state index is -0.302. The Morgan fingerprint density at radius 2 is 1.58 bits per heavy atom. The van der Waals surface area contributed by atoms with Crippen molar-refractivity contribution in [3.05, 3.63) is 0 Å². The molecule has 0 rings (SSSR count). The number of rotatable bonds is 12. The van der Waals surface area contributed by atoms with Gasteiger partial charge in [-0.25, -0.2) is 0 Å². The van der Waals surface area contributed by atoms with Gasteiger partial charge in [-0.1, -0.05) is 71.0 Å². The van der Waals surface area contributed by atoms with Gasteiger partial charge in [0.15, 0.2) is 0 Å². The highest BCUT2D eigenvalue weighted by molar-refractivity contribution is 7.80. The third kappa shape index (κ3) is 9.88. The number of nitrogens with two attached hydrogens (primary N) is 1. The Bertz CT molecular complexity index is 257. The van der Waals surface area contributed by atoms with E-state index in [4.69, 9.17) is 18.0 Å².